The van der Waals surface area contributed by atoms with Gasteiger partial charge in [-0.25, -0.2) is 4.98 Å². The van der Waals surface area contributed by atoms with Gasteiger partial charge in [0.2, 0.25) is 5.28 Å². The minimum Gasteiger partial charge on any atom is -0.379 e. The standard InChI is InChI=1S/C11H14ClN5O2/c12-11-14-9-8(10(18)15-11)17(7-13-9)2-1-16-3-5-19-6-4-16/h7H,1-6H2,(H,14,15,18)/i2D2,3D2,4D2,5D2,6D2,7D. The highest BCUT2D eigenvalue weighted by Gasteiger charge is 2.13. The number of ether oxygens (including phenoxy) is 1. The molecule has 0 aromatic carbocycles. The lowest BCUT2D eigenvalue weighted by Gasteiger charge is -2.26. The molecule has 3 heterocycles. The van der Waals surface area contributed by atoms with E-state index < -0.39 is 62.2 Å². The van der Waals surface area contributed by atoms with Crippen LogP contribution in [-0.4, -0.2) is 57.1 Å². The molecule has 0 unspecified atom stereocenters. The third kappa shape index (κ3) is 2.63. The lowest BCUT2D eigenvalue weighted by atomic mass is 10.4. The van der Waals surface area contributed by atoms with E-state index in [2.05, 4.69) is 19.7 Å². The number of morpholine rings is 1. The molecule has 0 spiro atoms. The van der Waals surface area contributed by atoms with Crippen LogP contribution in [0.2, 0.25) is 5.28 Å². The summed E-state index contributed by atoms with van der Waals surface area (Å²) >= 11 is 5.62. The molecule has 2 aromatic rings. The van der Waals surface area contributed by atoms with Gasteiger partial charge in [-0.05, 0) is 11.6 Å². The van der Waals surface area contributed by atoms with Crippen molar-refractivity contribution in [1.82, 2.24) is 24.4 Å². The van der Waals surface area contributed by atoms with Gasteiger partial charge in [0.1, 0.15) is 1.37 Å². The zero-order valence-corrected chi connectivity index (χ0v) is 9.95. The van der Waals surface area contributed by atoms with Crippen LogP contribution in [-0.2, 0) is 11.2 Å². The fraction of sp³-hybridized carbons (Fsp3) is 0.545. The molecule has 0 bridgehead atoms. The zero-order valence-electron chi connectivity index (χ0n) is 20.2. The Labute approximate surface area is 129 Å². The van der Waals surface area contributed by atoms with Crippen molar-refractivity contribution in [2.24, 2.45) is 0 Å². The predicted octanol–water partition coefficient (Wildman–Crippen LogP) is 0.105. The van der Waals surface area contributed by atoms with Gasteiger partial charge in [0, 0.05) is 31.5 Å². The third-order valence-corrected chi connectivity index (χ3v) is 2.36. The van der Waals surface area contributed by atoms with Crippen molar-refractivity contribution in [2.45, 2.75) is 6.50 Å². The Bertz CT molecular complexity index is 1040. The second-order valence-electron chi connectivity index (χ2n) is 3.35. The second kappa shape index (κ2) is 5.28. The summed E-state index contributed by atoms with van der Waals surface area (Å²) in [6.45, 7) is -17.7. The summed E-state index contributed by atoms with van der Waals surface area (Å²) < 4.78 is 91.8. The Morgan fingerprint density at radius 3 is 3.21 bits per heavy atom. The highest BCUT2D eigenvalue weighted by Crippen LogP contribution is 2.08. The quantitative estimate of drug-likeness (QED) is 0.813. The van der Waals surface area contributed by atoms with E-state index in [4.69, 9.17) is 26.7 Å². The molecule has 7 nitrogen and oxygen atoms in total. The number of imidazole rings is 1. The Kier molecular flexibility index (Phi) is 1.43. The van der Waals surface area contributed by atoms with Crippen molar-refractivity contribution in [2.75, 3.05) is 32.7 Å². The molecule has 3 rings (SSSR count). The summed E-state index contributed by atoms with van der Waals surface area (Å²) in [5, 5.41) is -0.375. The number of hydrogen-bond donors (Lipinski definition) is 1. The highest BCUT2D eigenvalue weighted by molar-refractivity contribution is 6.28. The summed E-state index contributed by atoms with van der Waals surface area (Å²) in [5.74, 6) is 0. The van der Waals surface area contributed by atoms with E-state index in [1.807, 2.05) is 0 Å². The number of hydrogen-bond acceptors (Lipinski definition) is 5. The molecular weight excluding hydrogens is 270 g/mol. The van der Waals surface area contributed by atoms with E-state index in [1.165, 1.54) is 0 Å². The number of halogens is 1. The molecule has 2 aromatic heterocycles. The molecular formula is C11H14ClN5O2. The summed E-state index contributed by atoms with van der Waals surface area (Å²) in [6, 6.07) is 0. The van der Waals surface area contributed by atoms with E-state index in [0.717, 1.165) is 0 Å². The van der Waals surface area contributed by atoms with Crippen molar-refractivity contribution >= 4 is 22.8 Å². The van der Waals surface area contributed by atoms with E-state index >= 15 is 0 Å². The van der Waals surface area contributed by atoms with E-state index in [1.54, 1.807) is 0 Å². The van der Waals surface area contributed by atoms with Gasteiger partial charge in [-0.1, -0.05) is 0 Å². The number of nitrogens with one attached hydrogen (secondary N) is 1. The van der Waals surface area contributed by atoms with Crippen LogP contribution in [0, 0.1) is 0 Å². The molecule has 8 heteroatoms. The van der Waals surface area contributed by atoms with Crippen LogP contribution < -0.4 is 5.56 Å². The molecule has 1 fully saturated rings. The first-order valence-corrected chi connectivity index (χ1v) is 5.36. The predicted molar refractivity (Wildman–Crippen MR) is 70.4 cm³/mol. The first kappa shape index (κ1) is 5.16. The van der Waals surface area contributed by atoms with Crippen LogP contribution in [0.5, 0.6) is 0 Å². The topological polar surface area (TPSA) is 76.0 Å². The first-order valence-electron chi connectivity index (χ1n) is 10.5. The van der Waals surface area contributed by atoms with Crippen LogP contribution in [0.1, 0.15) is 15.1 Å². The summed E-state index contributed by atoms with van der Waals surface area (Å²) in [7, 11) is 0. The molecule has 19 heavy (non-hydrogen) atoms. The first-order chi connectivity index (χ1) is 13.3. The van der Waals surface area contributed by atoms with Gasteiger partial charge in [0.05, 0.1) is 27.6 Å². The monoisotopic (exact) mass is 294 g/mol. The normalized spacial score (nSPS) is 37.0. The van der Waals surface area contributed by atoms with Crippen molar-refractivity contribution in [3.8, 4) is 0 Å². The summed E-state index contributed by atoms with van der Waals surface area (Å²) in [4.78, 5) is 21.6. The van der Waals surface area contributed by atoms with E-state index in [9.17, 15) is 4.79 Å². The van der Waals surface area contributed by atoms with Gasteiger partial charge >= 0.3 is 0 Å². The van der Waals surface area contributed by atoms with Gasteiger partial charge in [-0.3, -0.25) is 14.7 Å². The fourth-order valence-corrected chi connectivity index (χ4v) is 1.57. The molecule has 1 aliphatic rings. The van der Waals surface area contributed by atoms with Gasteiger partial charge in [0.15, 0.2) is 11.2 Å². The second-order valence-corrected chi connectivity index (χ2v) is 3.71. The van der Waals surface area contributed by atoms with Crippen molar-refractivity contribution in [1.29, 1.82) is 0 Å². The lowest BCUT2D eigenvalue weighted by Crippen LogP contribution is -2.38. The smallest absolute Gasteiger partial charge is 0.278 e. The van der Waals surface area contributed by atoms with Crippen LogP contribution in [0.3, 0.4) is 0 Å². The molecule has 1 aliphatic heterocycles. The van der Waals surface area contributed by atoms with Gasteiger partial charge in [0.25, 0.3) is 5.56 Å². The Hall–Kier alpha value is -1.44. The fourth-order valence-electron chi connectivity index (χ4n) is 1.40. The molecule has 0 atom stereocenters. The minimum atomic E-state index is -3.37. The van der Waals surface area contributed by atoms with Gasteiger partial charge < -0.3 is 9.30 Å². The van der Waals surface area contributed by atoms with Crippen LogP contribution >= 0.6 is 11.6 Å². The molecule has 1 N–H and O–H groups in total. The van der Waals surface area contributed by atoms with Crippen LogP contribution in [0.25, 0.3) is 11.2 Å². The Balaban J connectivity index is 2.18. The highest BCUT2D eigenvalue weighted by atomic mass is 35.5. The Morgan fingerprint density at radius 1 is 1.63 bits per heavy atom. The summed E-state index contributed by atoms with van der Waals surface area (Å²) in [6.07, 6.45) is -0.823. The van der Waals surface area contributed by atoms with Crippen LogP contribution in [0.4, 0.5) is 0 Å². The number of rotatable bonds is 3. The maximum Gasteiger partial charge on any atom is 0.278 e. The van der Waals surface area contributed by atoms with Crippen molar-refractivity contribution in [3.05, 3.63) is 21.9 Å². The zero-order chi connectivity index (χ0) is 23.1. The Morgan fingerprint density at radius 2 is 2.42 bits per heavy atom. The third-order valence-electron chi connectivity index (χ3n) is 2.18. The summed E-state index contributed by atoms with van der Waals surface area (Å²) in [5.41, 5.74) is -1.91. The molecule has 102 valence electrons. The number of aromatic amines is 1. The number of nitrogens with zero attached hydrogens (tertiary/aromatic N) is 4. The SMILES string of the molecule is [2H]c1nc2nc(Cl)[nH]c(=O)c2n1C([2H])([2H])CN1C([2H])([2H])C([2H])([2H])OC([2H])([2H])C1([2H])[2H]. The van der Waals surface area contributed by atoms with Gasteiger partial charge in [-0.15, -0.1) is 0 Å². The largest absolute Gasteiger partial charge is 0.379 e. The minimum absolute atomic E-state index is 0.0215. The number of fused-ring (bicyclic) bond motifs is 1. The molecule has 0 saturated carbocycles. The van der Waals surface area contributed by atoms with E-state index in [0.29, 0.717) is 4.57 Å². The van der Waals surface area contributed by atoms with Gasteiger partial charge in [-0.2, -0.15) is 4.98 Å². The average molecular weight is 295 g/mol. The van der Waals surface area contributed by atoms with Crippen LogP contribution in [0.15, 0.2) is 11.1 Å². The lowest BCUT2D eigenvalue weighted by molar-refractivity contribution is 0.0365. The molecule has 1 saturated heterocycles. The van der Waals surface area contributed by atoms with Crippen molar-refractivity contribution < 1.29 is 19.8 Å². The maximum absolute atomic E-state index is 12.2. The molecule has 0 aliphatic carbocycles. The maximum atomic E-state index is 12.2. The average Bonchev–Trinajstić information content (AvgIpc) is 2.87. The number of H-pyrrole nitrogens is 1. The molecule has 0 amide bonds. The molecule has 0 radical (unpaired) electrons. The number of aromatic nitrogens is 4. The van der Waals surface area contributed by atoms with E-state index in [-0.39, 0.29) is 10.2 Å². The van der Waals surface area contributed by atoms with Crippen molar-refractivity contribution in [3.63, 3.8) is 0 Å².